The lowest BCUT2D eigenvalue weighted by molar-refractivity contribution is 0.0998. The molecule has 25 heavy (non-hydrogen) atoms. The van der Waals surface area contributed by atoms with Gasteiger partial charge in [-0.1, -0.05) is 30.3 Å². The first-order chi connectivity index (χ1) is 12.0. The number of hydrogen-bond acceptors (Lipinski definition) is 3. The maximum atomic E-state index is 12.5. The van der Waals surface area contributed by atoms with Gasteiger partial charge in [0, 0.05) is 13.2 Å². The molecule has 0 unspecified atom stereocenters. The number of anilines is 1. The number of para-hydroxylation sites is 3. The van der Waals surface area contributed by atoms with Gasteiger partial charge in [-0.25, -0.2) is 0 Å². The zero-order chi connectivity index (χ0) is 17.8. The largest absolute Gasteiger partial charge is 0.455 e. The average molecular weight is 335 g/mol. The molecule has 0 spiro atoms. The number of nitrogens with one attached hydrogen (secondary N) is 1. The summed E-state index contributed by atoms with van der Waals surface area (Å²) in [5.74, 6) is 0.243. The molecule has 3 N–H and O–H groups in total. The van der Waals surface area contributed by atoms with E-state index in [1.54, 1.807) is 29.8 Å². The van der Waals surface area contributed by atoms with Gasteiger partial charge in [0.05, 0.1) is 11.3 Å². The van der Waals surface area contributed by atoms with Crippen molar-refractivity contribution in [2.24, 2.45) is 12.8 Å². The van der Waals surface area contributed by atoms with Crippen LogP contribution in [0.25, 0.3) is 0 Å². The number of benzene rings is 2. The fourth-order valence-corrected chi connectivity index (χ4v) is 2.39. The van der Waals surface area contributed by atoms with Gasteiger partial charge in [-0.3, -0.25) is 9.59 Å². The van der Waals surface area contributed by atoms with E-state index in [1.807, 2.05) is 36.4 Å². The van der Waals surface area contributed by atoms with Crippen LogP contribution < -0.4 is 15.8 Å². The van der Waals surface area contributed by atoms with Crippen LogP contribution in [0.15, 0.2) is 66.9 Å². The van der Waals surface area contributed by atoms with Crippen molar-refractivity contribution in [2.75, 3.05) is 5.32 Å². The molecular weight excluding hydrogens is 318 g/mol. The van der Waals surface area contributed by atoms with Gasteiger partial charge < -0.3 is 20.4 Å². The molecule has 6 nitrogen and oxygen atoms in total. The number of hydrogen-bond donors (Lipinski definition) is 2. The fourth-order valence-electron chi connectivity index (χ4n) is 2.39. The first-order valence-corrected chi connectivity index (χ1v) is 7.64. The van der Waals surface area contributed by atoms with Crippen molar-refractivity contribution >= 4 is 17.5 Å². The van der Waals surface area contributed by atoms with E-state index in [-0.39, 0.29) is 11.5 Å². The third kappa shape index (κ3) is 3.69. The molecular formula is C19H17N3O3. The maximum absolute atomic E-state index is 12.5. The van der Waals surface area contributed by atoms with E-state index >= 15 is 0 Å². The van der Waals surface area contributed by atoms with Crippen molar-refractivity contribution in [2.45, 2.75) is 0 Å². The molecule has 6 heteroatoms. The number of amides is 2. The number of primary amides is 1. The molecule has 126 valence electrons. The smallest absolute Gasteiger partial charge is 0.272 e. The zero-order valence-corrected chi connectivity index (χ0v) is 13.6. The second kappa shape index (κ2) is 6.92. The lowest BCUT2D eigenvalue weighted by Gasteiger charge is -2.12. The van der Waals surface area contributed by atoms with Crippen molar-refractivity contribution in [1.29, 1.82) is 0 Å². The summed E-state index contributed by atoms with van der Waals surface area (Å²) >= 11 is 0. The summed E-state index contributed by atoms with van der Waals surface area (Å²) in [5.41, 5.74) is 6.38. The highest BCUT2D eigenvalue weighted by Gasteiger charge is 2.16. The third-order valence-electron chi connectivity index (χ3n) is 3.63. The molecule has 0 aliphatic rings. The number of carbonyl (C=O) groups is 2. The number of aromatic nitrogens is 1. The van der Waals surface area contributed by atoms with Crippen LogP contribution in [0, 0.1) is 0 Å². The molecule has 0 saturated carbocycles. The van der Waals surface area contributed by atoms with Crippen molar-refractivity contribution in [3.8, 4) is 11.5 Å². The van der Waals surface area contributed by atoms with Gasteiger partial charge in [0.15, 0.2) is 5.75 Å². The molecule has 0 saturated heterocycles. The summed E-state index contributed by atoms with van der Waals surface area (Å²) in [6.45, 7) is 0. The van der Waals surface area contributed by atoms with Crippen molar-refractivity contribution in [1.82, 2.24) is 4.57 Å². The normalized spacial score (nSPS) is 10.3. The van der Waals surface area contributed by atoms with E-state index in [4.69, 9.17) is 10.5 Å². The Bertz CT molecular complexity index is 917. The predicted molar refractivity (Wildman–Crippen MR) is 94.8 cm³/mol. The van der Waals surface area contributed by atoms with Gasteiger partial charge in [-0.2, -0.15) is 0 Å². The number of aryl methyl sites for hydroxylation is 1. The highest BCUT2D eigenvalue weighted by atomic mass is 16.5. The van der Waals surface area contributed by atoms with Crippen LogP contribution in [-0.4, -0.2) is 16.4 Å². The van der Waals surface area contributed by atoms with Gasteiger partial charge in [0.2, 0.25) is 5.91 Å². The van der Waals surface area contributed by atoms with Gasteiger partial charge in [0.25, 0.3) is 5.91 Å². The quantitative estimate of drug-likeness (QED) is 0.751. The second-order valence-electron chi connectivity index (χ2n) is 5.45. The van der Waals surface area contributed by atoms with E-state index < -0.39 is 5.91 Å². The molecule has 3 aromatic rings. The Morgan fingerprint density at radius 1 is 1.04 bits per heavy atom. The van der Waals surface area contributed by atoms with E-state index in [9.17, 15) is 9.59 Å². The highest BCUT2D eigenvalue weighted by molar-refractivity contribution is 6.06. The molecule has 0 radical (unpaired) electrons. The van der Waals surface area contributed by atoms with Crippen LogP contribution in [-0.2, 0) is 7.05 Å². The van der Waals surface area contributed by atoms with Crippen molar-refractivity contribution in [3.63, 3.8) is 0 Å². The maximum Gasteiger partial charge on any atom is 0.272 e. The molecule has 2 aromatic carbocycles. The van der Waals surface area contributed by atoms with Crippen LogP contribution in [0.5, 0.6) is 11.5 Å². The first-order valence-electron chi connectivity index (χ1n) is 7.64. The number of nitrogens with zero attached hydrogens (tertiary/aromatic N) is 1. The van der Waals surface area contributed by atoms with Crippen LogP contribution in [0.2, 0.25) is 0 Å². The molecule has 1 heterocycles. The molecule has 1 aromatic heterocycles. The minimum Gasteiger partial charge on any atom is -0.455 e. The fraction of sp³-hybridized carbons (Fsp3) is 0.0526. The van der Waals surface area contributed by atoms with Crippen LogP contribution >= 0.6 is 0 Å². The highest BCUT2D eigenvalue weighted by Crippen LogP contribution is 2.29. The average Bonchev–Trinajstić information content (AvgIpc) is 3.00. The van der Waals surface area contributed by atoms with Gasteiger partial charge in [-0.15, -0.1) is 0 Å². The Hall–Kier alpha value is -3.54. The Morgan fingerprint density at radius 3 is 2.40 bits per heavy atom. The predicted octanol–water partition coefficient (Wildman–Crippen LogP) is 3.17. The number of nitrogens with two attached hydrogens (primary N) is 1. The molecule has 0 aliphatic heterocycles. The van der Waals surface area contributed by atoms with E-state index in [1.165, 1.54) is 12.3 Å². The Balaban J connectivity index is 1.83. The summed E-state index contributed by atoms with van der Waals surface area (Å²) in [4.78, 5) is 23.8. The van der Waals surface area contributed by atoms with Crippen LogP contribution in [0.1, 0.15) is 20.8 Å². The zero-order valence-electron chi connectivity index (χ0n) is 13.6. The SMILES string of the molecule is Cn1cc(C(N)=O)cc1C(=O)Nc1ccccc1Oc1ccccc1. The van der Waals surface area contributed by atoms with Gasteiger partial charge in [-0.05, 0) is 30.3 Å². The Kier molecular flexibility index (Phi) is 4.52. The third-order valence-corrected chi connectivity index (χ3v) is 3.63. The van der Waals surface area contributed by atoms with Crippen LogP contribution in [0.3, 0.4) is 0 Å². The standard InChI is InChI=1S/C19H17N3O3/c1-22-12-13(18(20)23)11-16(22)19(24)21-15-9-5-6-10-17(15)25-14-7-3-2-4-8-14/h2-12H,1H3,(H2,20,23)(H,21,24). The molecule has 0 aliphatic carbocycles. The van der Waals surface area contributed by atoms with Gasteiger partial charge >= 0.3 is 0 Å². The summed E-state index contributed by atoms with van der Waals surface area (Å²) in [5, 5.41) is 2.80. The lowest BCUT2D eigenvalue weighted by atomic mass is 10.2. The topological polar surface area (TPSA) is 86.4 Å². The Labute approximate surface area is 144 Å². The van der Waals surface area contributed by atoms with Crippen LogP contribution in [0.4, 0.5) is 5.69 Å². The second-order valence-corrected chi connectivity index (χ2v) is 5.45. The van der Waals surface area contributed by atoms with Crippen molar-refractivity contribution in [3.05, 3.63) is 78.1 Å². The van der Waals surface area contributed by atoms with E-state index in [0.717, 1.165) is 0 Å². The van der Waals surface area contributed by atoms with Gasteiger partial charge in [0.1, 0.15) is 11.4 Å². The monoisotopic (exact) mass is 335 g/mol. The summed E-state index contributed by atoms with van der Waals surface area (Å²) in [6.07, 6.45) is 1.52. The number of ether oxygens (including phenoxy) is 1. The molecule has 0 bridgehead atoms. The molecule has 0 fully saturated rings. The van der Waals surface area contributed by atoms with Crippen molar-refractivity contribution < 1.29 is 14.3 Å². The minimum absolute atomic E-state index is 0.279. The summed E-state index contributed by atoms with van der Waals surface area (Å²) in [6, 6.07) is 17.9. The molecule has 3 rings (SSSR count). The Morgan fingerprint density at radius 2 is 1.72 bits per heavy atom. The first kappa shape index (κ1) is 16.3. The molecule has 0 atom stereocenters. The summed E-state index contributed by atoms with van der Waals surface area (Å²) in [7, 11) is 1.67. The number of carbonyl (C=O) groups excluding carboxylic acids is 2. The lowest BCUT2D eigenvalue weighted by Crippen LogP contribution is -2.15. The minimum atomic E-state index is -0.581. The van der Waals surface area contributed by atoms with E-state index in [2.05, 4.69) is 5.32 Å². The van der Waals surface area contributed by atoms with E-state index in [0.29, 0.717) is 22.9 Å². The molecule has 2 amide bonds. The number of rotatable bonds is 5. The summed E-state index contributed by atoms with van der Waals surface area (Å²) < 4.78 is 7.38.